The predicted octanol–water partition coefficient (Wildman–Crippen LogP) is 3.74. The van der Waals surface area contributed by atoms with Crippen molar-refractivity contribution >= 4 is 21.8 Å². The number of Topliss-reactive ketones (excluding diaryl/α,β-unsaturated/α-hetero) is 1. The lowest BCUT2D eigenvalue weighted by Crippen LogP contribution is -2.31. The van der Waals surface area contributed by atoms with Gasteiger partial charge in [-0.3, -0.25) is 4.79 Å². The van der Waals surface area contributed by atoms with Gasteiger partial charge in [-0.25, -0.2) is 4.79 Å². The fourth-order valence-corrected chi connectivity index (χ4v) is 3.80. The van der Waals surface area contributed by atoms with Gasteiger partial charge < -0.3 is 0 Å². The molecule has 0 spiro atoms. The van der Waals surface area contributed by atoms with Crippen LogP contribution >= 0.6 is 0 Å². The second-order valence-corrected chi connectivity index (χ2v) is 7.52. The molecule has 0 saturated heterocycles. The van der Waals surface area contributed by atoms with E-state index in [1.165, 1.54) is 0 Å². The molecule has 2 aromatic rings. The topological polar surface area (TPSA) is 34.1 Å². The van der Waals surface area contributed by atoms with Crippen LogP contribution in [-0.2, 0) is 10.9 Å². The van der Waals surface area contributed by atoms with Crippen LogP contribution in [0, 0.1) is 0 Å². The quantitative estimate of drug-likeness (QED) is 0.622. The average Bonchev–Trinajstić information content (AvgIpc) is 2.53. The molecule has 0 bridgehead atoms. The van der Waals surface area contributed by atoms with Crippen LogP contribution in [0.2, 0.25) is 0 Å². The molecule has 2 rings (SSSR count). The summed E-state index contributed by atoms with van der Waals surface area (Å²) in [4.78, 5) is 25.0. The van der Waals surface area contributed by atoms with Crippen molar-refractivity contribution in [1.82, 2.24) is 0 Å². The van der Waals surface area contributed by atoms with Crippen molar-refractivity contribution in [3.8, 4) is 0 Å². The summed E-state index contributed by atoms with van der Waals surface area (Å²) in [5.74, 6) is 0.326. The number of carbonyl (C=O) groups excluding carboxylic acids is 2. The Kier molecular flexibility index (Phi) is 5.34. The third kappa shape index (κ3) is 4.05. The van der Waals surface area contributed by atoms with Crippen LogP contribution < -0.4 is 0 Å². The number of benzene rings is 2. The maximum Gasteiger partial charge on any atom is 0.362 e. The van der Waals surface area contributed by atoms with Crippen molar-refractivity contribution in [1.29, 1.82) is 0 Å². The molecule has 0 aliphatic rings. The highest BCUT2D eigenvalue weighted by atomic mass is 32.2. The zero-order valence-corrected chi connectivity index (χ0v) is 13.1. The van der Waals surface area contributed by atoms with Crippen LogP contribution in [0.25, 0.3) is 0 Å². The van der Waals surface area contributed by atoms with Gasteiger partial charge in [0, 0.05) is 5.56 Å². The zero-order chi connectivity index (χ0) is 15.2. The Morgan fingerprint density at radius 1 is 0.857 bits per heavy atom. The van der Waals surface area contributed by atoms with E-state index in [1.807, 2.05) is 62.4 Å². The van der Waals surface area contributed by atoms with E-state index in [-0.39, 0.29) is 21.9 Å². The van der Waals surface area contributed by atoms with Crippen LogP contribution in [0.4, 0.5) is 0 Å². The molecule has 0 saturated carbocycles. The van der Waals surface area contributed by atoms with Crippen LogP contribution in [0.5, 0.6) is 0 Å². The first kappa shape index (κ1) is 15.5. The number of carbonyl (C=O) groups is 2. The highest BCUT2D eigenvalue weighted by Gasteiger charge is 2.36. The number of hydrogen-bond acceptors (Lipinski definition) is 2. The molecule has 3 heteroatoms. The van der Waals surface area contributed by atoms with Crippen LogP contribution in [0.15, 0.2) is 60.7 Å². The molecular weight excluding hydrogens is 280 g/mol. The summed E-state index contributed by atoms with van der Waals surface area (Å²) in [5, 5.41) is 0.236. The monoisotopic (exact) mass is 299 g/mol. The third-order valence-corrected chi connectivity index (χ3v) is 5.62. The fourth-order valence-electron chi connectivity index (χ4n) is 2.02. The van der Waals surface area contributed by atoms with Crippen molar-refractivity contribution in [2.75, 3.05) is 5.75 Å². The van der Waals surface area contributed by atoms with Gasteiger partial charge in [-0.05, 0) is 26.0 Å². The highest BCUT2D eigenvalue weighted by molar-refractivity contribution is 8.12. The van der Waals surface area contributed by atoms with Crippen molar-refractivity contribution in [3.63, 3.8) is 0 Å². The average molecular weight is 299 g/mol. The van der Waals surface area contributed by atoms with Gasteiger partial charge in [-0.1, -0.05) is 48.5 Å². The first-order valence-electron chi connectivity index (χ1n) is 6.97. The van der Waals surface area contributed by atoms with E-state index < -0.39 is 10.9 Å². The lowest BCUT2D eigenvalue weighted by Gasteiger charge is -2.10. The molecule has 2 aromatic carbocycles. The van der Waals surface area contributed by atoms with E-state index in [9.17, 15) is 9.59 Å². The molecular formula is C18H19O2S+. The molecule has 0 aromatic heterocycles. The molecule has 0 N–H and O–H groups in total. The first-order valence-corrected chi connectivity index (χ1v) is 8.42. The molecule has 2 nitrogen and oxygen atoms in total. The molecule has 0 aliphatic heterocycles. The number of ketones is 1. The van der Waals surface area contributed by atoms with Crippen LogP contribution in [0.3, 0.4) is 0 Å². The Hall–Kier alpha value is -1.87. The van der Waals surface area contributed by atoms with Gasteiger partial charge in [-0.2, -0.15) is 0 Å². The normalized spacial score (nSPS) is 12.1. The van der Waals surface area contributed by atoms with Gasteiger partial charge in [0.15, 0.2) is 5.75 Å². The molecule has 0 radical (unpaired) electrons. The summed E-state index contributed by atoms with van der Waals surface area (Å²) in [6, 6.07) is 18.4. The van der Waals surface area contributed by atoms with E-state index in [1.54, 1.807) is 12.1 Å². The summed E-state index contributed by atoms with van der Waals surface area (Å²) >= 11 is 0. The van der Waals surface area contributed by atoms with Crippen molar-refractivity contribution in [2.45, 2.75) is 19.1 Å². The SMILES string of the molecule is CC(C)[S+](CC(=O)c1ccccc1)C(=O)c1ccccc1. The molecule has 0 fully saturated rings. The fraction of sp³-hybridized carbons (Fsp3) is 0.222. The molecule has 0 amide bonds. The van der Waals surface area contributed by atoms with Gasteiger partial charge in [0.2, 0.25) is 5.78 Å². The van der Waals surface area contributed by atoms with E-state index in [2.05, 4.69) is 0 Å². The minimum Gasteiger partial charge on any atom is -0.289 e. The molecule has 0 aliphatic carbocycles. The summed E-state index contributed by atoms with van der Waals surface area (Å²) in [5.41, 5.74) is 1.37. The highest BCUT2D eigenvalue weighted by Crippen LogP contribution is 2.16. The van der Waals surface area contributed by atoms with Gasteiger partial charge in [-0.15, -0.1) is 0 Å². The zero-order valence-electron chi connectivity index (χ0n) is 12.3. The van der Waals surface area contributed by atoms with E-state index >= 15 is 0 Å². The molecule has 0 heterocycles. The minimum atomic E-state index is -0.591. The smallest absolute Gasteiger partial charge is 0.289 e. The Morgan fingerprint density at radius 3 is 1.81 bits per heavy atom. The summed E-state index contributed by atoms with van der Waals surface area (Å²) in [6.45, 7) is 4.00. The van der Waals surface area contributed by atoms with Crippen LogP contribution in [0.1, 0.15) is 34.6 Å². The molecule has 21 heavy (non-hydrogen) atoms. The second-order valence-electron chi connectivity index (χ2n) is 5.06. The Labute approximate surface area is 128 Å². The molecule has 1 unspecified atom stereocenters. The van der Waals surface area contributed by atoms with Gasteiger partial charge >= 0.3 is 5.12 Å². The Morgan fingerprint density at radius 2 is 1.33 bits per heavy atom. The van der Waals surface area contributed by atoms with E-state index in [0.717, 1.165) is 0 Å². The predicted molar refractivity (Wildman–Crippen MR) is 88.9 cm³/mol. The largest absolute Gasteiger partial charge is 0.362 e. The van der Waals surface area contributed by atoms with E-state index in [4.69, 9.17) is 0 Å². The van der Waals surface area contributed by atoms with Crippen molar-refractivity contribution in [3.05, 3.63) is 71.8 Å². The molecule has 108 valence electrons. The van der Waals surface area contributed by atoms with Crippen molar-refractivity contribution in [2.24, 2.45) is 0 Å². The maximum absolute atomic E-state index is 12.6. The Bertz CT molecular complexity index is 606. The van der Waals surface area contributed by atoms with Crippen LogP contribution in [-0.4, -0.2) is 21.9 Å². The second kappa shape index (κ2) is 7.23. The van der Waals surface area contributed by atoms with Gasteiger partial charge in [0.25, 0.3) is 0 Å². The summed E-state index contributed by atoms with van der Waals surface area (Å²) in [7, 11) is -0.591. The standard InChI is InChI=1S/C18H19O2S/c1-14(2)21(18(20)16-11-7-4-8-12-16)13-17(19)15-9-5-3-6-10-15/h3-12,14H,13H2,1-2H3/q+1. The lowest BCUT2D eigenvalue weighted by molar-refractivity contribution is 0.101. The Balaban J connectivity index is 2.17. The van der Waals surface area contributed by atoms with Gasteiger partial charge in [0.05, 0.1) is 16.5 Å². The lowest BCUT2D eigenvalue weighted by atomic mass is 10.2. The van der Waals surface area contributed by atoms with Crippen molar-refractivity contribution < 1.29 is 9.59 Å². The van der Waals surface area contributed by atoms with Gasteiger partial charge in [0.1, 0.15) is 5.25 Å². The molecule has 1 atom stereocenters. The maximum atomic E-state index is 12.6. The summed E-state index contributed by atoms with van der Waals surface area (Å²) < 4.78 is 0. The minimum absolute atomic E-state index is 0.0388. The number of rotatable bonds is 5. The summed E-state index contributed by atoms with van der Waals surface area (Å²) in [6.07, 6.45) is 0. The third-order valence-electron chi connectivity index (χ3n) is 3.20. The number of hydrogen-bond donors (Lipinski definition) is 0. The van der Waals surface area contributed by atoms with E-state index in [0.29, 0.717) is 11.1 Å². The first-order chi connectivity index (χ1) is 10.1.